The number of nitrogens with two attached hydrogens (primary N) is 1. The fraction of sp³-hybridized carbons (Fsp3) is 0.222. The molecule has 2 aromatic rings. The number of nitrogen functional groups attached to an aromatic ring is 1. The lowest BCUT2D eigenvalue weighted by molar-refractivity contribution is -0.131. The Hall–Kier alpha value is -3.07. The molecule has 9 heteroatoms. The van der Waals surface area contributed by atoms with Crippen LogP contribution >= 0.6 is 11.8 Å². The van der Waals surface area contributed by atoms with Crippen molar-refractivity contribution in [3.05, 3.63) is 59.9 Å². The van der Waals surface area contributed by atoms with E-state index >= 15 is 0 Å². The quantitative estimate of drug-likeness (QED) is 0.441. The molecule has 0 fully saturated rings. The van der Waals surface area contributed by atoms with Crippen molar-refractivity contribution >= 4 is 29.5 Å². The van der Waals surface area contributed by atoms with E-state index in [4.69, 9.17) is 10.5 Å². The van der Waals surface area contributed by atoms with Crippen LogP contribution < -0.4 is 11.2 Å². The molecule has 2 heterocycles. The second-order valence-electron chi connectivity index (χ2n) is 5.57. The summed E-state index contributed by atoms with van der Waals surface area (Å²) in [7, 11) is 0. The van der Waals surface area contributed by atoms with Gasteiger partial charge in [-0.25, -0.2) is 19.8 Å². The van der Waals surface area contributed by atoms with E-state index in [9.17, 15) is 9.59 Å². The van der Waals surface area contributed by atoms with Crippen molar-refractivity contribution in [2.24, 2.45) is 0 Å². The monoisotopic (exact) mass is 385 g/mol. The first-order valence-electron chi connectivity index (χ1n) is 8.32. The Bertz CT molecular complexity index is 859. The van der Waals surface area contributed by atoms with Crippen molar-refractivity contribution in [2.45, 2.75) is 18.1 Å². The van der Waals surface area contributed by atoms with E-state index in [0.29, 0.717) is 5.16 Å². The van der Waals surface area contributed by atoms with E-state index in [2.05, 4.69) is 15.4 Å². The van der Waals surface area contributed by atoms with Gasteiger partial charge in [0.2, 0.25) is 0 Å². The summed E-state index contributed by atoms with van der Waals surface area (Å²) in [4.78, 5) is 32.5. The van der Waals surface area contributed by atoms with Crippen LogP contribution in [-0.4, -0.2) is 39.2 Å². The molecule has 0 saturated carbocycles. The number of ether oxygens (including phenoxy) is 1. The third kappa shape index (κ3) is 4.37. The van der Waals surface area contributed by atoms with Crippen LogP contribution in [0.4, 0.5) is 5.82 Å². The number of aromatic nitrogens is 2. The number of nitrogens with one attached hydrogen (secondary N) is 1. The zero-order valence-corrected chi connectivity index (χ0v) is 15.5. The molecule has 1 aliphatic rings. The van der Waals surface area contributed by atoms with Gasteiger partial charge in [-0.1, -0.05) is 42.1 Å². The number of thioether (sulfide) groups is 1. The second-order valence-corrected chi connectivity index (χ2v) is 6.51. The number of rotatable bonds is 6. The van der Waals surface area contributed by atoms with Crippen LogP contribution in [0, 0.1) is 0 Å². The summed E-state index contributed by atoms with van der Waals surface area (Å²) in [5.41, 5.74) is 9.87. The van der Waals surface area contributed by atoms with Crippen molar-refractivity contribution in [3.8, 4) is 0 Å². The zero-order valence-electron chi connectivity index (χ0n) is 14.7. The Morgan fingerprint density at radius 2 is 2.11 bits per heavy atom. The molecular formula is C18H19N5O3S. The molecule has 1 amide bonds. The normalized spacial score (nSPS) is 15.4. The maximum atomic E-state index is 12.6. The van der Waals surface area contributed by atoms with Crippen LogP contribution in [0.3, 0.4) is 0 Å². The first-order chi connectivity index (χ1) is 13.1. The molecule has 1 aromatic heterocycles. The SMILES string of the molecule is CCOC(=O)c1cnc(SCC(=O)N2NC=C[C@@H]2c2ccccc2)nc1N. The number of anilines is 1. The number of hydrogen-bond acceptors (Lipinski definition) is 8. The molecule has 27 heavy (non-hydrogen) atoms. The molecule has 0 saturated heterocycles. The Kier molecular flexibility index (Phi) is 5.92. The lowest BCUT2D eigenvalue weighted by atomic mass is 10.1. The highest BCUT2D eigenvalue weighted by atomic mass is 32.2. The van der Waals surface area contributed by atoms with Gasteiger partial charge in [-0.15, -0.1) is 0 Å². The smallest absolute Gasteiger partial charge is 0.343 e. The van der Waals surface area contributed by atoms with E-state index in [-0.39, 0.29) is 35.7 Å². The molecule has 0 radical (unpaired) electrons. The topological polar surface area (TPSA) is 110 Å². The van der Waals surface area contributed by atoms with E-state index in [1.807, 2.05) is 36.4 Å². The van der Waals surface area contributed by atoms with Crippen molar-refractivity contribution in [3.63, 3.8) is 0 Å². The fourth-order valence-electron chi connectivity index (χ4n) is 2.53. The van der Waals surface area contributed by atoms with Crippen molar-refractivity contribution in [1.29, 1.82) is 0 Å². The summed E-state index contributed by atoms with van der Waals surface area (Å²) in [5.74, 6) is -0.548. The highest BCUT2D eigenvalue weighted by Gasteiger charge is 2.26. The number of esters is 1. The summed E-state index contributed by atoms with van der Waals surface area (Å²) in [6.07, 6.45) is 4.97. The van der Waals surface area contributed by atoms with Crippen LogP contribution in [0.1, 0.15) is 28.9 Å². The van der Waals surface area contributed by atoms with Gasteiger partial charge in [0.05, 0.1) is 18.4 Å². The van der Waals surface area contributed by atoms with Gasteiger partial charge >= 0.3 is 5.97 Å². The number of amides is 1. The molecule has 0 aliphatic carbocycles. The van der Waals surface area contributed by atoms with Gasteiger partial charge in [0.25, 0.3) is 5.91 Å². The molecule has 0 bridgehead atoms. The second kappa shape index (κ2) is 8.54. The van der Waals surface area contributed by atoms with Crippen LogP contribution in [0.2, 0.25) is 0 Å². The van der Waals surface area contributed by atoms with Crippen LogP contribution in [0.25, 0.3) is 0 Å². The van der Waals surface area contributed by atoms with Gasteiger partial charge < -0.3 is 15.9 Å². The molecule has 1 aliphatic heterocycles. The summed E-state index contributed by atoms with van der Waals surface area (Å²) in [6.45, 7) is 1.94. The molecule has 0 unspecified atom stereocenters. The number of nitrogens with zero attached hydrogens (tertiary/aromatic N) is 3. The Labute approximate surface area is 160 Å². The minimum absolute atomic E-state index is 0.0292. The van der Waals surface area contributed by atoms with Crippen LogP contribution in [-0.2, 0) is 9.53 Å². The minimum atomic E-state index is -0.569. The van der Waals surface area contributed by atoms with Crippen molar-refractivity contribution in [2.75, 3.05) is 18.1 Å². The average molecular weight is 385 g/mol. The molecule has 140 valence electrons. The maximum Gasteiger partial charge on any atom is 0.343 e. The Morgan fingerprint density at radius 1 is 1.33 bits per heavy atom. The standard InChI is InChI=1S/C18H19N5O3S/c1-2-26-17(25)13-10-20-18(22-16(13)19)27-11-15(24)23-14(8-9-21-23)12-6-4-3-5-7-12/h3-10,14,21H,2,11H2,1H3,(H2,19,20,22)/t14-/m1/s1. The number of carbonyl (C=O) groups excluding carboxylic acids is 2. The summed E-state index contributed by atoms with van der Waals surface area (Å²) in [6, 6.07) is 9.55. The number of hydrogen-bond donors (Lipinski definition) is 2. The molecule has 8 nitrogen and oxygen atoms in total. The molecular weight excluding hydrogens is 366 g/mol. The fourth-order valence-corrected chi connectivity index (χ4v) is 3.21. The van der Waals surface area contributed by atoms with Crippen LogP contribution in [0.15, 0.2) is 54.0 Å². The van der Waals surface area contributed by atoms with Gasteiger partial charge in [0.15, 0.2) is 5.16 Å². The Balaban J connectivity index is 1.62. The summed E-state index contributed by atoms with van der Waals surface area (Å²) >= 11 is 1.15. The number of hydrazine groups is 1. The van der Waals surface area contributed by atoms with E-state index in [1.165, 1.54) is 6.20 Å². The maximum absolute atomic E-state index is 12.6. The number of benzene rings is 1. The van der Waals surface area contributed by atoms with Crippen molar-refractivity contribution in [1.82, 2.24) is 20.4 Å². The van der Waals surface area contributed by atoms with Crippen molar-refractivity contribution < 1.29 is 14.3 Å². The Morgan fingerprint density at radius 3 is 2.81 bits per heavy atom. The summed E-state index contributed by atoms with van der Waals surface area (Å²) in [5, 5.41) is 1.87. The number of carbonyl (C=O) groups is 2. The third-order valence-corrected chi connectivity index (χ3v) is 4.64. The lowest BCUT2D eigenvalue weighted by Crippen LogP contribution is -2.39. The largest absolute Gasteiger partial charge is 0.462 e. The van der Waals surface area contributed by atoms with E-state index in [1.54, 1.807) is 18.1 Å². The van der Waals surface area contributed by atoms with E-state index in [0.717, 1.165) is 17.3 Å². The third-order valence-electron chi connectivity index (χ3n) is 3.80. The predicted molar refractivity (Wildman–Crippen MR) is 101 cm³/mol. The van der Waals surface area contributed by atoms with Gasteiger partial charge in [-0.05, 0) is 18.6 Å². The molecule has 1 atom stereocenters. The first kappa shape index (κ1) is 18.7. The zero-order chi connectivity index (χ0) is 19.2. The van der Waals surface area contributed by atoms with Gasteiger partial charge in [-0.3, -0.25) is 4.79 Å². The van der Waals surface area contributed by atoms with E-state index < -0.39 is 5.97 Å². The highest BCUT2D eigenvalue weighted by molar-refractivity contribution is 7.99. The molecule has 3 N–H and O–H groups in total. The highest BCUT2D eigenvalue weighted by Crippen LogP contribution is 2.25. The predicted octanol–water partition coefficient (Wildman–Crippen LogP) is 1.93. The lowest BCUT2D eigenvalue weighted by Gasteiger charge is -2.24. The molecule has 0 spiro atoms. The van der Waals surface area contributed by atoms with Gasteiger partial charge in [0.1, 0.15) is 11.4 Å². The molecule has 1 aromatic carbocycles. The van der Waals surface area contributed by atoms with Gasteiger partial charge in [-0.2, -0.15) is 0 Å². The average Bonchev–Trinajstić information content (AvgIpc) is 3.17. The minimum Gasteiger partial charge on any atom is -0.462 e. The summed E-state index contributed by atoms with van der Waals surface area (Å²) < 4.78 is 4.89. The van der Waals surface area contributed by atoms with Gasteiger partial charge in [0, 0.05) is 12.4 Å². The van der Waals surface area contributed by atoms with Crippen LogP contribution in [0.5, 0.6) is 0 Å². The first-order valence-corrected chi connectivity index (χ1v) is 9.31. The molecule has 3 rings (SSSR count).